The first-order valence-corrected chi connectivity index (χ1v) is 13.1. The predicted octanol–water partition coefficient (Wildman–Crippen LogP) is 4.78. The van der Waals surface area contributed by atoms with Gasteiger partial charge in [-0.3, -0.25) is 4.18 Å². The van der Waals surface area contributed by atoms with Crippen LogP contribution in [0.4, 0.5) is 0 Å². The summed E-state index contributed by atoms with van der Waals surface area (Å²) in [7, 11) is -3.40. The van der Waals surface area contributed by atoms with Gasteiger partial charge in [-0.05, 0) is 79.1 Å². The van der Waals surface area contributed by atoms with Crippen LogP contribution in [-0.2, 0) is 14.3 Å². The van der Waals surface area contributed by atoms with Crippen molar-refractivity contribution < 1.29 is 12.6 Å². The molecule has 1 heterocycles. The minimum absolute atomic E-state index is 0.181. The first-order chi connectivity index (χ1) is 14.2. The van der Waals surface area contributed by atoms with Crippen molar-refractivity contribution in [1.82, 2.24) is 9.97 Å². The Morgan fingerprint density at radius 3 is 2.47 bits per heavy atom. The van der Waals surface area contributed by atoms with E-state index in [1.807, 2.05) is 12.4 Å². The predicted molar refractivity (Wildman–Crippen MR) is 117 cm³/mol. The van der Waals surface area contributed by atoms with Gasteiger partial charge in [0.25, 0.3) is 10.1 Å². The highest BCUT2D eigenvalue weighted by Crippen LogP contribution is 2.66. The molecule has 6 heteroatoms. The van der Waals surface area contributed by atoms with Crippen LogP contribution in [0, 0.1) is 28.6 Å². The van der Waals surface area contributed by atoms with Crippen molar-refractivity contribution in [2.24, 2.45) is 28.6 Å². The molecule has 1 aromatic rings. The van der Waals surface area contributed by atoms with E-state index in [1.54, 1.807) is 6.33 Å². The summed E-state index contributed by atoms with van der Waals surface area (Å²) in [6.07, 6.45) is 18.7. The van der Waals surface area contributed by atoms with Crippen LogP contribution in [0.1, 0.15) is 64.4 Å². The van der Waals surface area contributed by atoms with Gasteiger partial charge in [0.2, 0.25) is 0 Å². The van der Waals surface area contributed by atoms with E-state index in [0.29, 0.717) is 17.8 Å². The molecule has 3 unspecified atom stereocenters. The molecular formula is C24H32N2O3S. The summed E-state index contributed by atoms with van der Waals surface area (Å²) in [5.41, 5.74) is 4.44. The van der Waals surface area contributed by atoms with Crippen molar-refractivity contribution in [1.29, 1.82) is 0 Å². The van der Waals surface area contributed by atoms with Gasteiger partial charge >= 0.3 is 0 Å². The van der Waals surface area contributed by atoms with Crippen molar-refractivity contribution in [3.8, 4) is 0 Å². The second kappa shape index (κ2) is 6.99. The molecule has 162 valence electrons. The molecule has 0 N–H and O–H groups in total. The van der Waals surface area contributed by atoms with Gasteiger partial charge < -0.3 is 0 Å². The fraction of sp³-hybridized carbons (Fsp3) is 0.667. The molecule has 30 heavy (non-hydrogen) atoms. The molecule has 2 fully saturated rings. The summed E-state index contributed by atoms with van der Waals surface area (Å²) in [4.78, 5) is 8.52. The summed E-state index contributed by atoms with van der Waals surface area (Å²) in [6.45, 7) is 4.89. The van der Waals surface area contributed by atoms with Gasteiger partial charge in [-0.15, -0.1) is 0 Å². The molecule has 1 aromatic heterocycles. The summed E-state index contributed by atoms with van der Waals surface area (Å²) in [5, 5.41) is 0. The zero-order valence-corrected chi connectivity index (χ0v) is 19.0. The lowest BCUT2D eigenvalue weighted by Gasteiger charge is -2.57. The van der Waals surface area contributed by atoms with Crippen LogP contribution in [-0.4, -0.2) is 30.7 Å². The number of aromatic nitrogens is 2. The molecule has 2 saturated carbocycles. The summed E-state index contributed by atoms with van der Waals surface area (Å²) >= 11 is 0. The molecule has 4 aliphatic rings. The molecule has 0 spiro atoms. The van der Waals surface area contributed by atoms with Crippen LogP contribution < -0.4 is 0 Å². The molecule has 4 aliphatic carbocycles. The standard InChI is InChI=1S/C24H32N2O3S/c1-23-10-8-18(29-30(3,27)28)12-17(23)4-5-19-21-7-6-20(16-13-25-15-26-14-16)24(21,2)11-9-22(19)23/h4,6,13-15,18-19,21-22H,5,7-12H2,1-3H3/t18-,19?,21?,22?,23-,24+/m0/s1. The third-order valence-corrected chi connectivity index (χ3v) is 9.44. The van der Waals surface area contributed by atoms with Gasteiger partial charge in [-0.1, -0.05) is 31.6 Å². The van der Waals surface area contributed by atoms with E-state index in [4.69, 9.17) is 4.18 Å². The number of hydrogen-bond donors (Lipinski definition) is 0. The van der Waals surface area contributed by atoms with E-state index in [9.17, 15) is 8.42 Å². The Labute approximate surface area is 180 Å². The highest BCUT2D eigenvalue weighted by molar-refractivity contribution is 7.86. The molecule has 0 aliphatic heterocycles. The summed E-state index contributed by atoms with van der Waals surface area (Å²) < 4.78 is 28.6. The molecule has 0 radical (unpaired) electrons. The monoisotopic (exact) mass is 428 g/mol. The molecular weight excluding hydrogens is 396 g/mol. The summed E-state index contributed by atoms with van der Waals surface area (Å²) in [6, 6.07) is 0. The Balaban J connectivity index is 1.40. The van der Waals surface area contributed by atoms with Crippen molar-refractivity contribution >= 4 is 15.7 Å². The SMILES string of the molecule is C[C@]12CC[C@H](OS(C)(=O)=O)CC1=CCC1C2CC[C@]2(C)C(c3cncnc3)=CCC12. The topological polar surface area (TPSA) is 69.2 Å². The van der Waals surface area contributed by atoms with Crippen molar-refractivity contribution in [2.75, 3.05) is 6.26 Å². The smallest absolute Gasteiger partial charge is 0.264 e. The minimum atomic E-state index is -3.40. The first-order valence-electron chi connectivity index (χ1n) is 11.2. The molecule has 0 saturated heterocycles. The fourth-order valence-electron chi connectivity index (χ4n) is 7.41. The van der Waals surface area contributed by atoms with Crippen LogP contribution in [0.2, 0.25) is 0 Å². The van der Waals surface area contributed by atoms with Gasteiger partial charge in [-0.2, -0.15) is 8.42 Å². The number of rotatable bonds is 3. The van der Waals surface area contributed by atoms with Gasteiger partial charge in [-0.25, -0.2) is 9.97 Å². The minimum Gasteiger partial charge on any atom is -0.267 e. The Hall–Kier alpha value is -1.53. The lowest BCUT2D eigenvalue weighted by molar-refractivity contribution is -0.0205. The fourth-order valence-corrected chi connectivity index (χ4v) is 8.07. The highest BCUT2D eigenvalue weighted by Gasteiger charge is 2.57. The van der Waals surface area contributed by atoms with E-state index < -0.39 is 10.1 Å². The van der Waals surface area contributed by atoms with Crippen LogP contribution >= 0.6 is 0 Å². The van der Waals surface area contributed by atoms with Gasteiger partial charge in [0, 0.05) is 18.0 Å². The number of allylic oxidation sites excluding steroid dienone is 3. The maximum atomic E-state index is 11.6. The van der Waals surface area contributed by atoms with E-state index in [0.717, 1.165) is 38.4 Å². The van der Waals surface area contributed by atoms with Crippen LogP contribution in [0.3, 0.4) is 0 Å². The molecule has 6 atom stereocenters. The molecule has 5 rings (SSSR count). The number of nitrogens with zero attached hydrogens (tertiary/aromatic N) is 2. The Morgan fingerprint density at radius 2 is 1.73 bits per heavy atom. The zero-order valence-electron chi connectivity index (χ0n) is 18.2. The maximum Gasteiger partial charge on any atom is 0.264 e. The van der Waals surface area contributed by atoms with Crippen molar-refractivity contribution in [3.05, 3.63) is 42.0 Å². The van der Waals surface area contributed by atoms with E-state index >= 15 is 0 Å². The zero-order chi connectivity index (χ0) is 21.1. The van der Waals surface area contributed by atoms with E-state index in [1.165, 1.54) is 29.6 Å². The van der Waals surface area contributed by atoms with Crippen LogP contribution in [0.5, 0.6) is 0 Å². The highest BCUT2D eigenvalue weighted by atomic mass is 32.2. The Morgan fingerprint density at radius 1 is 1.00 bits per heavy atom. The Kier molecular flexibility index (Phi) is 4.75. The lowest BCUT2D eigenvalue weighted by Crippen LogP contribution is -2.50. The molecule has 5 nitrogen and oxygen atoms in total. The molecule has 0 aromatic carbocycles. The third kappa shape index (κ3) is 3.18. The second-order valence-electron chi connectivity index (χ2n) is 10.4. The first kappa shape index (κ1) is 20.4. The number of fused-ring (bicyclic) bond motifs is 5. The van der Waals surface area contributed by atoms with E-state index in [2.05, 4.69) is 36.0 Å². The normalized spacial score (nSPS) is 40.6. The Bertz CT molecular complexity index is 1000. The maximum absolute atomic E-state index is 11.6. The lowest BCUT2D eigenvalue weighted by atomic mass is 9.47. The molecule has 0 amide bonds. The largest absolute Gasteiger partial charge is 0.267 e. The quantitative estimate of drug-likeness (QED) is 0.512. The van der Waals surface area contributed by atoms with Crippen molar-refractivity contribution in [3.63, 3.8) is 0 Å². The summed E-state index contributed by atoms with van der Waals surface area (Å²) in [5.74, 6) is 2.02. The molecule has 0 bridgehead atoms. The van der Waals surface area contributed by atoms with Gasteiger partial charge in [0.15, 0.2) is 0 Å². The third-order valence-electron chi connectivity index (χ3n) is 8.82. The second-order valence-corrected chi connectivity index (χ2v) is 12.0. The van der Waals surface area contributed by atoms with E-state index in [-0.39, 0.29) is 16.9 Å². The van der Waals surface area contributed by atoms with Gasteiger partial charge in [0.1, 0.15) is 6.33 Å². The average Bonchev–Trinajstić information content (AvgIpc) is 3.05. The van der Waals surface area contributed by atoms with Crippen molar-refractivity contribution in [2.45, 2.75) is 64.9 Å². The van der Waals surface area contributed by atoms with Crippen LogP contribution in [0.25, 0.3) is 5.57 Å². The number of hydrogen-bond acceptors (Lipinski definition) is 5. The van der Waals surface area contributed by atoms with Crippen LogP contribution in [0.15, 0.2) is 36.4 Å². The average molecular weight is 429 g/mol. The van der Waals surface area contributed by atoms with Gasteiger partial charge in [0.05, 0.1) is 12.4 Å².